The smallest absolute Gasteiger partial charge is 0.261 e. The number of nitrogens with one attached hydrogen (secondary N) is 1. The maximum Gasteiger partial charge on any atom is 0.261 e. The van der Waals surface area contributed by atoms with Crippen molar-refractivity contribution in [2.45, 2.75) is 93.9 Å². The van der Waals surface area contributed by atoms with Gasteiger partial charge in [0.05, 0.1) is 12.3 Å². The molecule has 2 saturated heterocycles. The topological polar surface area (TPSA) is 57.3 Å². The Balaban J connectivity index is 1.16. The van der Waals surface area contributed by atoms with Gasteiger partial charge in [0.25, 0.3) is 5.91 Å². The molecular formula is C42H57ClN4O3S. The fourth-order valence-electron chi connectivity index (χ4n) is 10.3. The lowest BCUT2D eigenvalue weighted by Gasteiger charge is -2.53. The minimum Gasteiger partial charge on any atom is -0.490 e. The molecule has 9 heteroatoms. The van der Waals surface area contributed by atoms with E-state index in [0.717, 1.165) is 74.9 Å². The second-order valence-corrected chi connectivity index (χ2v) is 18.3. The zero-order chi connectivity index (χ0) is 35.2. The van der Waals surface area contributed by atoms with Gasteiger partial charge in [0.2, 0.25) is 0 Å². The Bertz CT molecular complexity index is 1620. The molecular weight excluding hydrogens is 676 g/mol. The largest absolute Gasteiger partial charge is 0.490 e. The molecule has 2 bridgehead atoms. The van der Waals surface area contributed by atoms with Gasteiger partial charge in [-0.15, -0.1) is 0 Å². The van der Waals surface area contributed by atoms with E-state index in [2.05, 4.69) is 69.7 Å². The highest BCUT2D eigenvalue weighted by atomic mass is 35.5. The first-order chi connectivity index (χ1) is 24.8. The van der Waals surface area contributed by atoms with Gasteiger partial charge in [-0.2, -0.15) is 0 Å². The van der Waals surface area contributed by atoms with E-state index in [1.165, 1.54) is 56.3 Å². The number of rotatable bonds is 3. The fourth-order valence-corrected chi connectivity index (χ4v) is 11.2. The first-order valence-corrected chi connectivity index (χ1v) is 21.0. The minimum absolute atomic E-state index is 0.0426. The number of aryl methyl sites for hydroxylation is 1. The molecule has 1 spiro atoms. The van der Waals surface area contributed by atoms with Crippen molar-refractivity contribution in [1.82, 2.24) is 14.5 Å². The van der Waals surface area contributed by atoms with Crippen molar-refractivity contribution in [1.29, 1.82) is 0 Å². The second-order valence-electron chi connectivity index (χ2n) is 16.7. The second kappa shape index (κ2) is 14.9. The fraction of sp³-hybridized carbons (Fsp3) is 0.643. The highest BCUT2D eigenvalue weighted by molar-refractivity contribution is 7.98. The number of allylic oxidation sites excluding steroid dienone is 1. The lowest BCUT2D eigenvalue weighted by molar-refractivity contribution is -0.100. The summed E-state index contributed by atoms with van der Waals surface area (Å²) in [4.78, 5) is 21.7. The molecule has 7 atom stereocenters. The van der Waals surface area contributed by atoms with Crippen LogP contribution in [0.3, 0.4) is 0 Å². The minimum atomic E-state index is -0.347. The van der Waals surface area contributed by atoms with Crippen LogP contribution in [0.5, 0.6) is 5.75 Å². The molecule has 0 unspecified atom stereocenters. The van der Waals surface area contributed by atoms with E-state index in [4.69, 9.17) is 21.1 Å². The molecule has 4 aliphatic heterocycles. The zero-order valence-corrected chi connectivity index (χ0v) is 32.5. The summed E-state index contributed by atoms with van der Waals surface area (Å²) in [6.07, 6.45) is 15.4. The van der Waals surface area contributed by atoms with Gasteiger partial charge >= 0.3 is 0 Å². The van der Waals surface area contributed by atoms with Crippen LogP contribution in [0, 0.1) is 17.8 Å². The maximum absolute atomic E-state index is 13.6. The van der Waals surface area contributed by atoms with Gasteiger partial charge in [0, 0.05) is 73.7 Å². The van der Waals surface area contributed by atoms with Crippen LogP contribution in [0.2, 0.25) is 5.02 Å². The number of halogens is 1. The number of nitrogens with zero attached hydrogens (tertiary/aromatic N) is 3. The van der Waals surface area contributed by atoms with Gasteiger partial charge < -0.3 is 14.4 Å². The first-order valence-electron chi connectivity index (χ1n) is 19.7. The number of methoxy groups -OCH3 is 1. The average Bonchev–Trinajstić information content (AvgIpc) is 3.28. The number of amides is 1. The maximum atomic E-state index is 13.6. The summed E-state index contributed by atoms with van der Waals surface area (Å²) in [7, 11) is 1.97. The van der Waals surface area contributed by atoms with Gasteiger partial charge in [0.15, 0.2) is 0 Å². The standard InChI is InChI=1S/C42H57ClN4O3S/c1-29-8-6-18-42(49-3,27-45-20-21-46-19-5-4-10-35(46)25-45)37-14-11-33(37)24-47-26-41(17-7-9-31-22-34(43)13-15-36(31)41)28-50-39-16-12-32(23-38(39)47)40(48)44-51-30(29)2/h6,12-13,15-16,18,22-23,29-30,33,35,37H,4-5,7-11,14,17,19-21,24-28H2,1-3H3,(H,44,48)/b18-6-/t29-,30+,33-,35+,37+,41-,42-/m0/s1. The Kier molecular flexibility index (Phi) is 10.4. The van der Waals surface area contributed by atoms with E-state index in [9.17, 15) is 4.79 Å². The third-order valence-electron chi connectivity index (χ3n) is 13.6. The predicted octanol–water partition coefficient (Wildman–Crippen LogP) is 7.76. The Morgan fingerprint density at radius 3 is 2.78 bits per heavy atom. The molecule has 51 heavy (non-hydrogen) atoms. The molecule has 4 heterocycles. The van der Waals surface area contributed by atoms with Crippen LogP contribution in [-0.2, 0) is 16.6 Å². The highest BCUT2D eigenvalue weighted by Crippen LogP contribution is 2.49. The average molecular weight is 733 g/mol. The molecule has 1 saturated carbocycles. The molecule has 0 aromatic heterocycles. The Labute approximate surface area is 314 Å². The monoisotopic (exact) mass is 732 g/mol. The number of anilines is 1. The Morgan fingerprint density at radius 2 is 1.94 bits per heavy atom. The number of hydrogen-bond donors (Lipinski definition) is 1. The number of benzene rings is 2. The van der Waals surface area contributed by atoms with Crippen molar-refractivity contribution >= 4 is 35.1 Å². The van der Waals surface area contributed by atoms with E-state index in [1.54, 1.807) is 11.9 Å². The van der Waals surface area contributed by atoms with Crippen molar-refractivity contribution in [3.63, 3.8) is 0 Å². The summed E-state index contributed by atoms with van der Waals surface area (Å²) in [6.45, 7) is 12.5. The van der Waals surface area contributed by atoms with Gasteiger partial charge in [-0.3, -0.25) is 19.3 Å². The number of hydrogen-bond acceptors (Lipinski definition) is 7. The molecule has 2 aliphatic carbocycles. The van der Waals surface area contributed by atoms with Crippen LogP contribution in [0.4, 0.5) is 5.69 Å². The number of carbonyl (C=O) groups is 1. The normalized spacial score (nSPS) is 35.3. The van der Waals surface area contributed by atoms with Crippen molar-refractivity contribution in [3.8, 4) is 5.75 Å². The molecule has 3 fully saturated rings. The number of carbonyl (C=O) groups excluding carboxylic acids is 1. The molecule has 1 amide bonds. The van der Waals surface area contributed by atoms with E-state index in [1.807, 2.05) is 19.2 Å². The number of fused-ring (bicyclic) bond motifs is 5. The lowest BCUT2D eigenvalue weighted by atomic mass is 9.63. The molecule has 8 rings (SSSR count). The number of ether oxygens (including phenoxy) is 2. The summed E-state index contributed by atoms with van der Waals surface area (Å²) in [5, 5.41) is 1.07. The zero-order valence-electron chi connectivity index (χ0n) is 30.9. The number of piperazine rings is 1. The molecule has 276 valence electrons. The van der Waals surface area contributed by atoms with Crippen LogP contribution in [0.15, 0.2) is 48.6 Å². The first kappa shape index (κ1) is 35.8. The third kappa shape index (κ3) is 7.09. The SMILES string of the molecule is CO[C@]1(CN2CCN3CCCC[C@@H]3C2)/C=C\C[C@H](C)[C@@H](C)SNC(=O)c2ccc3c(c2)N(C[C@@H]2CC[C@H]21)C[C@@]1(CCCc2cc(Cl)ccc21)CO3. The van der Waals surface area contributed by atoms with Gasteiger partial charge in [-0.05, 0) is 129 Å². The van der Waals surface area contributed by atoms with E-state index >= 15 is 0 Å². The van der Waals surface area contributed by atoms with E-state index in [0.29, 0.717) is 36.0 Å². The summed E-state index contributed by atoms with van der Waals surface area (Å²) < 4.78 is 16.8. The molecule has 0 radical (unpaired) electrons. The Hall–Kier alpha value is -2.23. The van der Waals surface area contributed by atoms with Crippen molar-refractivity contribution < 1.29 is 14.3 Å². The summed E-state index contributed by atoms with van der Waals surface area (Å²) in [5.41, 5.74) is 3.94. The third-order valence-corrected chi connectivity index (χ3v) is 15.0. The van der Waals surface area contributed by atoms with Crippen LogP contribution >= 0.6 is 23.5 Å². The van der Waals surface area contributed by atoms with Crippen molar-refractivity contribution in [2.24, 2.45) is 17.8 Å². The predicted molar refractivity (Wildman–Crippen MR) is 209 cm³/mol. The van der Waals surface area contributed by atoms with E-state index < -0.39 is 0 Å². The molecule has 7 nitrogen and oxygen atoms in total. The highest BCUT2D eigenvalue weighted by Gasteiger charge is 2.50. The van der Waals surface area contributed by atoms with Crippen molar-refractivity contribution in [3.05, 3.63) is 70.3 Å². The molecule has 2 aromatic rings. The summed E-state index contributed by atoms with van der Waals surface area (Å²) in [6, 6.07) is 13.2. The number of piperidine rings is 1. The van der Waals surface area contributed by atoms with Gasteiger partial charge in [0.1, 0.15) is 11.4 Å². The Morgan fingerprint density at radius 1 is 1.04 bits per heavy atom. The molecule has 6 aliphatic rings. The van der Waals surface area contributed by atoms with Crippen LogP contribution in [0.25, 0.3) is 0 Å². The van der Waals surface area contributed by atoms with Crippen LogP contribution in [-0.4, -0.2) is 92.1 Å². The summed E-state index contributed by atoms with van der Waals surface area (Å²) in [5.74, 6) is 2.10. The van der Waals surface area contributed by atoms with Gasteiger partial charge in [-0.1, -0.05) is 50.1 Å². The summed E-state index contributed by atoms with van der Waals surface area (Å²) >= 11 is 8.08. The quantitative estimate of drug-likeness (QED) is 0.256. The molecule has 2 aromatic carbocycles. The van der Waals surface area contributed by atoms with Gasteiger partial charge in [-0.25, -0.2) is 0 Å². The lowest BCUT2D eigenvalue weighted by Crippen LogP contribution is -2.61. The van der Waals surface area contributed by atoms with Crippen LogP contribution < -0.4 is 14.4 Å². The molecule has 1 N–H and O–H groups in total. The van der Waals surface area contributed by atoms with Crippen LogP contribution in [0.1, 0.15) is 86.7 Å². The van der Waals surface area contributed by atoms with Crippen molar-refractivity contribution in [2.75, 3.05) is 64.4 Å². The van der Waals surface area contributed by atoms with E-state index in [-0.39, 0.29) is 22.2 Å².